The Balaban J connectivity index is 1.58. The topological polar surface area (TPSA) is 87.5 Å². The van der Waals surface area contributed by atoms with Crippen molar-refractivity contribution in [2.45, 2.75) is 19.3 Å². The smallest absolute Gasteiger partial charge is 0.261 e. The second kappa shape index (κ2) is 10.8. The van der Waals surface area contributed by atoms with Crippen molar-refractivity contribution in [2.75, 3.05) is 32.2 Å². The van der Waals surface area contributed by atoms with Crippen LogP contribution in [0.1, 0.15) is 29.2 Å². The Kier molecular flexibility index (Phi) is 7.25. The highest BCUT2D eigenvalue weighted by Gasteiger charge is 2.39. The Morgan fingerprint density at radius 3 is 2.30 bits per heavy atom. The van der Waals surface area contributed by atoms with Gasteiger partial charge in [0.15, 0.2) is 5.84 Å². The number of aliphatic hydroxyl groups excluding tert-OH is 1. The molecule has 1 saturated heterocycles. The number of aromatic nitrogens is 1. The second-order valence-electron chi connectivity index (χ2n) is 9.52. The van der Waals surface area contributed by atoms with Gasteiger partial charge in [0.05, 0.1) is 19.9 Å². The van der Waals surface area contributed by atoms with Crippen LogP contribution in [-0.2, 0) is 4.79 Å². The Hall–Kier alpha value is -4.73. The van der Waals surface area contributed by atoms with Crippen LogP contribution in [0.3, 0.4) is 0 Å². The number of methoxy groups -OCH3 is 2. The first-order chi connectivity index (χ1) is 19.2. The van der Waals surface area contributed by atoms with Gasteiger partial charge in [0.2, 0.25) is 5.88 Å². The van der Waals surface area contributed by atoms with Gasteiger partial charge in [-0.15, -0.1) is 0 Å². The number of anilines is 1. The number of nitrogens with zero attached hydrogens (tertiary/aromatic N) is 4. The molecule has 1 unspecified atom stereocenters. The number of rotatable bonds is 6. The van der Waals surface area contributed by atoms with E-state index in [4.69, 9.17) is 9.47 Å². The lowest BCUT2D eigenvalue weighted by Gasteiger charge is -2.33. The standard InChI is InChI=1S/C30H28F2N4O4/c1-17-11-12-22(33-15-17)28-34-18(2)25(30(38)36(28)27-23(39-3)9-6-10-24(27)40-4)29(37)35-14-13-19(16-35)26-20(31)7-5-8-21(26)32/h5-12,15,19,38H,2,13-14,16H2,1,3-4H3. The third-order valence-electron chi connectivity index (χ3n) is 7.04. The maximum Gasteiger partial charge on any atom is 0.261 e. The van der Waals surface area contributed by atoms with Gasteiger partial charge in [-0.3, -0.25) is 14.7 Å². The lowest BCUT2D eigenvalue weighted by molar-refractivity contribution is -0.126. The second-order valence-corrected chi connectivity index (χ2v) is 9.52. The van der Waals surface area contributed by atoms with Crippen LogP contribution >= 0.6 is 0 Å². The normalized spacial score (nSPS) is 17.3. The average molecular weight is 547 g/mol. The van der Waals surface area contributed by atoms with Crippen LogP contribution in [0.15, 0.2) is 83.5 Å². The molecule has 0 bridgehead atoms. The zero-order chi connectivity index (χ0) is 28.6. The number of benzene rings is 2. The fourth-order valence-electron chi connectivity index (χ4n) is 5.07. The molecular formula is C30H28F2N4O4. The van der Waals surface area contributed by atoms with Crippen molar-refractivity contribution < 1.29 is 28.2 Å². The molecule has 0 saturated carbocycles. The molecule has 1 aromatic heterocycles. The van der Waals surface area contributed by atoms with Crippen molar-refractivity contribution in [3.05, 3.63) is 107 Å². The van der Waals surface area contributed by atoms with Gasteiger partial charge >= 0.3 is 0 Å². The summed E-state index contributed by atoms with van der Waals surface area (Å²) in [6, 6.07) is 12.4. The first kappa shape index (κ1) is 26.9. The number of ether oxygens (including phenoxy) is 2. The van der Waals surface area contributed by atoms with E-state index in [0.29, 0.717) is 29.3 Å². The summed E-state index contributed by atoms with van der Waals surface area (Å²) in [7, 11) is 2.95. The molecule has 40 heavy (non-hydrogen) atoms. The molecule has 0 aliphatic carbocycles. The molecule has 1 N–H and O–H groups in total. The predicted octanol–water partition coefficient (Wildman–Crippen LogP) is 5.25. The molecule has 0 spiro atoms. The van der Waals surface area contributed by atoms with E-state index < -0.39 is 29.3 Å². The minimum atomic E-state index is -0.655. The van der Waals surface area contributed by atoms with Crippen LogP contribution in [0.2, 0.25) is 0 Å². The number of aryl methyl sites for hydroxylation is 1. The first-order valence-corrected chi connectivity index (χ1v) is 12.6. The lowest BCUT2D eigenvalue weighted by Crippen LogP contribution is -2.40. The van der Waals surface area contributed by atoms with E-state index in [9.17, 15) is 18.7 Å². The van der Waals surface area contributed by atoms with Crippen molar-refractivity contribution in [2.24, 2.45) is 4.99 Å². The fourth-order valence-corrected chi connectivity index (χ4v) is 5.07. The van der Waals surface area contributed by atoms with E-state index in [1.165, 1.54) is 42.2 Å². The molecule has 2 aromatic carbocycles. The van der Waals surface area contributed by atoms with Gasteiger partial charge in [-0.25, -0.2) is 13.8 Å². The van der Waals surface area contributed by atoms with Gasteiger partial charge in [0.25, 0.3) is 5.91 Å². The molecule has 2 aliphatic rings. The maximum absolute atomic E-state index is 14.5. The SMILES string of the molecule is C=C1N=C(c2ccc(C)cn2)N(c2c(OC)cccc2OC)C(O)=C1C(=O)N1CCC(c2c(F)cccc2F)C1. The molecule has 3 heterocycles. The number of aliphatic hydroxyl groups is 1. The van der Waals surface area contributed by atoms with E-state index in [0.717, 1.165) is 5.56 Å². The van der Waals surface area contributed by atoms with Crippen molar-refractivity contribution in [1.29, 1.82) is 0 Å². The van der Waals surface area contributed by atoms with Gasteiger partial charge in [-0.2, -0.15) is 0 Å². The zero-order valence-electron chi connectivity index (χ0n) is 22.3. The van der Waals surface area contributed by atoms with Crippen molar-refractivity contribution in [1.82, 2.24) is 9.88 Å². The maximum atomic E-state index is 14.5. The van der Waals surface area contributed by atoms with Crippen LogP contribution in [0.25, 0.3) is 0 Å². The minimum Gasteiger partial charge on any atom is -0.494 e. The molecule has 1 atom stereocenters. The third kappa shape index (κ3) is 4.66. The molecule has 5 rings (SSSR count). The Bertz CT molecular complexity index is 1510. The van der Waals surface area contributed by atoms with Crippen molar-refractivity contribution in [3.8, 4) is 11.5 Å². The summed E-state index contributed by atoms with van der Waals surface area (Å²) < 4.78 is 40.1. The minimum absolute atomic E-state index is 0.0190. The van der Waals surface area contributed by atoms with Gasteiger partial charge < -0.3 is 19.5 Å². The Labute approximate surface area is 230 Å². The van der Waals surface area contributed by atoms with E-state index in [1.54, 1.807) is 30.5 Å². The van der Waals surface area contributed by atoms with Crippen molar-refractivity contribution in [3.63, 3.8) is 0 Å². The van der Waals surface area contributed by atoms with E-state index >= 15 is 0 Å². The number of carbonyl (C=O) groups excluding carboxylic acids is 1. The number of aliphatic imine (C=N–C) groups is 1. The summed E-state index contributed by atoms with van der Waals surface area (Å²) in [5.41, 5.74) is 1.45. The lowest BCUT2D eigenvalue weighted by atomic mass is 9.97. The molecule has 1 fully saturated rings. The quantitative estimate of drug-likeness (QED) is 0.455. The number of hydrogen-bond acceptors (Lipinski definition) is 7. The van der Waals surface area contributed by atoms with Gasteiger partial charge in [-0.05, 0) is 49.2 Å². The molecular weight excluding hydrogens is 518 g/mol. The average Bonchev–Trinajstić information content (AvgIpc) is 3.42. The summed E-state index contributed by atoms with van der Waals surface area (Å²) >= 11 is 0. The van der Waals surface area contributed by atoms with Crippen molar-refractivity contribution >= 4 is 17.4 Å². The molecule has 206 valence electrons. The van der Waals surface area contributed by atoms with Gasteiger partial charge in [0.1, 0.15) is 40.1 Å². The monoisotopic (exact) mass is 546 g/mol. The summed E-state index contributed by atoms with van der Waals surface area (Å²) in [5.74, 6) is -1.97. The Morgan fingerprint density at radius 1 is 1.05 bits per heavy atom. The fraction of sp³-hybridized carbons (Fsp3) is 0.233. The van der Waals surface area contributed by atoms with Crippen LogP contribution in [0.4, 0.5) is 14.5 Å². The number of carbonyl (C=O) groups is 1. The molecule has 8 nitrogen and oxygen atoms in total. The van der Waals surface area contributed by atoms with Crippen LogP contribution in [0, 0.1) is 18.6 Å². The highest BCUT2D eigenvalue weighted by Crippen LogP contribution is 2.43. The summed E-state index contributed by atoms with van der Waals surface area (Å²) in [6.45, 7) is 6.15. The highest BCUT2D eigenvalue weighted by atomic mass is 19.1. The number of para-hydroxylation sites is 1. The summed E-state index contributed by atoms with van der Waals surface area (Å²) in [4.78, 5) is 25.7. The van der Waals surface area contributed by atoms with Crippen LogP contribution in [0.5, 0.6) is 11.5 Å². The van der Waals surface area contributed by atoms with Crippen LogP contribution < -0.4 is 14.4 Å². The molecule has 10 heteroatoms. The predicted molar refractivity (Wildman–Crippen MR) is 147 cm³/mol. The highest BCUT2D eigenvalue weighted by molar-refractivity contribution is 6.16. The zero-order valence-corrected chi connectivity index (χ0v) is 22.3. The largest absolute Gasteiger partial charge is 0.494 e. The summed E-state index contributed by atoms with van der Waals surface area (Å²) in [6.07, 6.45) is 2.02. The number of likely N-dealkylation sites (tertiary alicyclic amines) is 1. The molecule has 1 amide bonds. The summed E-state index contributed by atoms with van der Waals surface area (Å²) in [5, 5.41) is 11.7. The molecule has 3 aromatic rings. The number of pyridine rings is 1. The van der Waals surface area contributed by atoms with E-state index in [1.807, 2.05) is 13.0 Å². The van der Waals surface area contributed by atoms with E-state index in [2.05, 4.69) is 16.6 Å². The van der Waals surface area contributed by atoms with Gasteiger partial charge in [-0.1, -0.05) is 24.8 Å². The van der Waals surface area contributed by atoms with Gasteiger partial charge in [0, 0.05) is 30.8 Å². The number of hydrogen-bond donors (Lipinski definition) is 1. The Morgan fingerprint density at radius 2 is 1.70 bits per heavy atom. The number of amidine groups is 1. The molecule has 0 radical (unpaired) electrons. The third-order valence-corrected chi connectivity index (χ3v) is 7.04. The van der Waals surface area contributed by atoms with Crippen LogP contribution in [-0.4, -0.2) is 54.0 Å². The van der Waals surface area contributed by atoms with E-state index in [-0.39, 0.29) is 35.8 Å². The first-order valence-electron chi connectivity index (χ1n) is 12.6. The molecule has 2 aliphatic heterocycles. The number of amides is 1. The number of halogens is 2.